The highest BCUT2D eigenvalue weighted by atomic mass is 32.2. The van der Waals surface area contributed by atoms with E-state index in [0.29, 0.717) is 17.3 Å². The summed E-state index contributed by atoms with van der Waals surface area (Å²) < 4.78 is 0. The van der Waals surface area contributed by atoms with Gasteiger partial charge in [0.05, 0.1) is 5.25 Å². The molecular weight excluding hydrogens is 224 g/mol. The van der Waals surface area contributed by atoms with Crippen molar-refractivity contribution in [1.29, 1.82) is 0 Å². The second-order valence-corrected chi connectivity index (χ2v) is 5.20. The van der Waals surface area contributed by atoms with Gasteiger partial charge in [0.2, 0.25) is 0 Å². The highest BCUT2D eigenvalue weighted by molar-refractivity contribution is 8.00. The van der Waals surface area contributed by atoms with Crippen molar-refractivity contribution in [1.82, 2.24) is 9.97 Å². The van der Waals surface area contributed by atoms with E-state index in [1.165, 1.54) is 17.8 Å². The third-order valence-corrected chi connectivity index (χ3v) is 3.80. The number of aryl methyl sites for hydroxylation is 1. The van der Waals surface area contributed by atoms with E-state index in [2.05, 4.69) is 9.97 Å². The summed E-state index contributed by atoms with van der Waals surface area (Å²) in [7, 11) is 0. The topological polar surface area (TPSA) is 62.8 Å². The number of H-pyrrole nitrogens is 1. The Kier molecular flexibility index (Phi) is 3.43. The Labute approximate surface area is 97.9 Å². The molecule has 1 saturated carbocycles. The summed E-state index contributed by atoms with van der Waals surface area (Å²) in [4.78, 5) is 29.7. The van der Waals surface area contributed by atoms with Gasteiger partial charge in [0.25, 0.3) is 5.56 Å². The average molecular weight is 238 g/mol. The fraction of sp³-hybridized carbons (Fsp3) is 0.545. The van der Waals surface area contributed by atoms with Gasteiger partial charge in [-0.1, -0.05) is 18.2 Å². The summed E-state index contributed by atoms with van der Waals surface area (Å²) >= 11 is 1.38. The molecule has 16 heavy (non-hydrogen) atoms. The molecule has 0 saturated heterocycles. The van der Waals surface area contributed by atoms with E-state index in [-0.39, 0.29) is 16.6 Å². The monoisotopic (exact) mass is 238 g/mol. The highest BCUT2D eigenvalue weighted by Gasteiger charge is 2.23. The van der Waals surface area contributed by atoms with Crippen LogP contribution in [0.5, 0.6) is 0 Å². The number of hydrogen-bond donors (Lipinski definition) is 1. The fourth-order valence-corrected chi connectivity index (χ4v) is 2.98. The summed E-state index contributed by atoms with van der Waals surface area (Å²) in [6.07, 6.45) is 3.63. The molecule has 1 aromatic heterocycles. The quantitative estimate of drug-likeness (QED) is 0.796. The molecular formula is C11H14N2O2S. The summed E-state index contributed by atoms with van der Waals surface area (Å²) in [6.45, 7) is 1.78. The van der Waals surface area contributed by atoms with Gasteiger partial charge >= 0.3 is 0 Å². The van der Waals surface area contributed by atoms with E-state index < -0.39 is 0 Å². The smallest absolute Gasteiger partial charge is 0.251 e. The Morgan fingerprint density at radius 3 is 2.94 bits per heavy atom. The van der Waals surface area contributed by atoms with Crippen LogP contribution < -0.4 is 5.56 Å². The molecule has 0 aromatic carbocycles. The Bertz CT molecular complexity index is 456. The van der Waals surface area contributed by atoms with E-state index in [0.717, 1.165) is 19.3 Å². The molecule has 1 heterocycles. The van der Waals surface area contributed by atoms with Crippen LogP contribution in [0.1, 0.15) is 31.4 Å². The van der Waals surface area contributed by atoms with Crippen LogP contribution in [0.15, 0.2) is 16.0 Å². The van der Waals surface area contributed by atoms with Crippen LogP contribution in [0.4, 0.5) is 0 Å². The molecule has 1 N–H and O–H groups in total. The lowest BCUT2D eigenvalue weighted by Gasteiger charge is -2.18. The van der Waals surface area contributed by atoms with E-state index >= 15 is 0 Å². The van der Waals surface area contributed by atoms with E-state index in [9.17, 15) is 9.59 Å². The first kappa shape index (κ1) is 11.4. The van der Waals surface area contributed by atoms with Crippen molar-refractivity contribution >= 4 is 17.5 Å². The third-order valence-electron chi connectivity index (χ3n) is 2.60. The van der Waals surface area contributed by atoms with Gasteiger partial charge in [-0.15, -0.1) is 0 Å². The normalized spacial score (nSPS) is 21.1. The van der Waals surface area contributed by atoms with Gasteiger partial charge in [-0.25, -0.2) is 4.98 Å². The van der Waals surface area contributed by atoms with Gasteiger partial charge in [-0.05, 0) is 19.8 Å². The summed E-state index contributed by atoms with van der Waals surface area (Å²) in [5.41, 5.74) is 0.535. The Morgan fingerprint density at radius 2 is 2.25 bits per heavy atom. The van der Waals surface area contributed by atoms with E-state index in [4.69, 9.17) is 0 Å². The van der Waals surface area contributed by atoms with Gasteiger partial charge in [0.15, 0.2) is 5.16 Å². The number of rotatable bonds is 2. The average Bonchev–Trinajstić information content (AvgIpc) is 2.20. The highest BCUT2D eigenvalue weighted by Crippen LogP contribution is 2.29. The zero-order valence-corrected chi connectivity index (χ0v) is 9.97. The maximum absolute atomic E-state index is 11.6. The van der Waals surface area contributed by atoms with Gasteiger partial charge in [0.1, 0.15) is 5.78 Å². The molecule has 1 aromatic rings. The van der Waals surface area contributed by atoms with Gasteiger partial charge in [0, 0.05) is 18.2 Å². The largest absolute Gasteiger partial charge is 0.301 e. The lowest BCUT2D eigenvalue weighted by atomic mass is 9.99. The molecule has 1 aliphatic rings. The zero-order chi connectivity index (χ0) is 11.5. The minimum Gasteiger partial charge on any atom is -0.301 e. The molecule has 1 fully saturated rings. The van der Waals surface area contributed by atoms with Crippen molar-refractivity contribution < 1.29 is 4.79 Å². The molecule has 1 atom stereocenters. The van der Waals surface area contributed by atoms with Gasteiger partial charge in [-0.3, -0.25) is 9.59 Å². The molecule has 1 aliphatic carbocycles. The van der Waals surface area contributed by atoms with Crippen LogP contribution in [-0.4, -0.2) is 21.0 Å². The van der Waals surface area contributed by atoms with Crippen molar-refractivity contribution in [2.75, 3.05) is 0 Å². The summed E-state index contributed by atoms with van der Waals surface area (Å²) in [5.74, 6) is 0.278. The second-order valence-electron chi connectivity index (χ2n) is 4.01. The van der Waals surface area contributed by atoms with E-state index in [1.807, 2.05) is 0 Å². The van der Waals surface area contributed by atoms with Crippen molar-refractivity contribution in [2.45, 2.75) is 43.0 Å². The fourth-order valence-electron chi connectivity index (χ4n) is 1.82. The van der Waals surface area contributed by atoms with Crippen LogP contribution in [0.2, 0.25) is 0 Å². The van der Waals surface area contributed by atoms with E-state index in [1.54, 1.807) is 6.92 Å². The van der Waals surface area contributed by atoms with Crippen molar-refractivity contribution in [3.8, 4) is 0 Å². The summed E-state index contributed by atoms with van der Waals surface area (Å²) in [6, 6.07) is 1.45. The number of carbonyl (C=O) groups is 1. The SMILES string of the molecule is Cc1cc(=O)[nH]c(SC2CCCCC2=O)n1. The standard InChI is InChI=1S/C11H14N2O2S/c1-7-6-10(15)13-11(12-7)16-9-5-3-2-4-8(9)14/h6,9H,2-5H2,1H3,(H,12,13,15). The number of aromatic amines is 1. The van der Waals surface area contributed by atoms with Crippen LogP contribution in [0, 0.1) is 6.92 Å². The van der Waals surface area contributed by atoms with Crippen LogP contribution in [-0.2, 0) is 4.79 Å². The number of carbonyl (C=O) groups excluding carboxylic acids is 1. The number of nitrogens with zero attached hydrogens (tertiary/aromatic N) is 1. The predicted octanol–water partition coefficient (Wildman–Crippen LogP) is 1.68. The first-order valence-corrected chi connectivity index (χ1v) is 6.30. The number of hydrogen-bond acceptors (Lipinski definition) is 4. The third kappa shape index (κ3) is 2.72. The molecule has 5 heteroatoms. The molecule has 0 amide bonds. The number of Topliss-reactive ketones (excluding diaryl/α,β-unsaturated/α-hetero) is 1. The lowest BCUT2D eigenvalue weighted by molar-refractivity contribution is -0.119. The maximum atomic E-state index is 11.6. The number of aromatic nitrogens is 2. The van der Waals surface area contributed by atoms with Crippen LogP contribution in [0.3, 0.4) is 0 Å². The molecule has 4 nitrogen and oxygen atoms in total. The first-order valence-electron chi connectivity index (χ1n) is 5.42. The lowest BCUT2D eigenvalue weighted by Crippen LogP contribution is -2.22. The molecule has 0 spiro atoms. The minimum absolute atomic E-state index is 0.0290. The predicted molar refractivity (Wildman–Crippen MR) is 62.7 cm³/mol. The Balaban J connectivity index is 2.13. The first-order chi connectivity index (χ1) is 7.65. The molecule has 0 radical (unpaired) electrons. The summed E-state index contributed by atoms with van der Waals surface area (Å²) in [5, 5.41) is 0.531. The van der Waals surface area contributed by atoms with Gasteiger partial charge in [-0.2, -0.15) is 0 Å². The van der Waals surface area contributed by atoms with Crippen molar-refractivity contribution in [3.05, 3.63) is 22.1 Å². The molecule has 1 unspecified atom stereocenters. The number of ketones is 1. The van der Waals surface area contributed by atoms with Crippen molar-refractivity contribution in [3.63, 3.8) is 0 Å². The molecule has 2 rings (SSSR count). The van der Waals surface area contributed by atoms with Crippen LogP contribution >= 0.6 is 11.8 Å². The molecule has 86 valence electrons. The number of nitrogens with one attached hydrogen (secondary N) is 1. The Hall–Kier alpha value is -1.10. The zero-order valence-electron chi connectivity index (χ0n) is 9.16. The molecule has 0 bridgehead atoms. The minimum atomic E-state index is -0.154. The van der Waals surface area contributed by atoms with Crippen molar-refractivity contribution in [2.24, 2.45) is 0 Å². The maximum Gasteiger partial charge on any atom is 0.251 e. The second kappa shape index (κ2) is 4.82. The Morgan fingerprint density at radius 1 is 1.44 bits per heavy atom. The van der Waals surface area contributed by atoms with Crippen LogP contribution in [0.25, 0.3) is 0 Å². The number of thioether (sulfide) groups is 1. The molecule has 0 aliphatic heterocycles. The van der Waals surface area contributed by atoms with Gasteiger partial charge < -0.3 is 4.98 Å².